The molecule has 1 aliphatic heterocycles. The highest BCUT2D eigenvalue weighted by Gasteiger charge is 2.44. The number of halogens is 3. The number of alkyl halides is 3. The van der Waals surface area contributed by atoms with Crippen LogP contribution in [0, 0.1) is 11.8 Å². The maximum atomic E-state index is 13.0. The van der Waals surface area contributed by atoms with Gasteiger partial charge in [-0.1, -0.05) is 6.07 Å². The van der Waals surface area contributed by atoms with Crippen LogP contribution in [0.25, 0.3) is 0 Å². The van der Waals surface area contributed by atoms with Crippen LogP contribution in [0.3, 0.4) is 0 Å². The lowest BCUT2D eigenvalue weighted by molar-refractivity contribution is -0.168. The molecule has 0 N–H and O–H groups in total. The summed E-state index contributed by atoms with van der Waals surface area (Å²) in [5.74, 6) is -1.39. The molecular weight excluding hydrogens is 347 g/mol. The van der Waals surface area contributed by atoms with Crippen molar-refractivity contribution in [1.29, 1.82) is 0 Å². The SMILES string of the molecule is CC(C1CC1)N(CC(F)(F)F)C(=O)C1CC(=O)N(Cc2ccccn2)C1. The van der Waals surface area contributed by atoms with Crippen LogP contribution >= 0.6 is 0 Å². The molecule has 8 heteroatoms. The van der Waals surface area contributed by atoms with E-state index in [1.54, 1.807) is 31.3 Å². The third kappa shape index (κ3) is 4.53. The maximum Gasteiger partial charge on any atom is 0.406 e. The average molecular weight is 369 g/mol. The van der Waals surface area contributed by atoms with Crippen molar-refractivity contribution in [2.75, 3.05) is 13.1 Å². The number of likely N-dealkylation sites (tertiary alicyclic amines) is 1. The minimum Gasteiger partial charge on any atom is -0.336 e. The Kier molecular flexibility index (Phi) is 5.20. The summed E-state index contributed by atoms with van der Waals surface area (Å²) in [6.07, 6.45) is -1.19. The quantitative estimate of drug-likeness (QED) is 0.775. The molecule has 0 bridgehead atoms. The van der Waals surface area contributed by atoms with Crippen molar-refractivity contribution in [2.45, 2.75) is 44.9 Å². The second-order valence-corrected chi connectivity index (χ2v) is 7.16. The molecule has 1 aromatic rings. The van der Waals surface area contributed by atoms with Gasteiger partial charge in [0.2, 0.25) is 11.8 Å². The highest BCUT2D eigenvalue weighted by molar-refractivity contribution is 5.89. The lowest BCUT2D eigenvalue weighted by atomic mass is 10.0. The molecule has 1 saturated carbocycles. The van der Waals surface area contributed by atoms with Gasteiger partial charge in [-0.25, -0.2) is 0 Å². The van der Waals surface area contributed by atoms with Crippen molar-refractivity contribution in [3.63, 3.8) is 0 Å². The molecule has 1 aromatic heterocycles. The van der Waals surface area contributed by atoms with Gasteiger partial charge in [-0.3, -0.25) is 14.6 Å². The van der Waals surface area contributed by atoms with Crippen molar-refractivity contribution in [3.8, 4) is 0 Å². The molecule has 5 nitrogen and oxygen atoms in total. The summed E-state index contributed by atoms with van der Waals surface area (Å²) in [4.78, 5) is 31.6. The van der Waals surface area contributed by atoms with E-state index in [0.29, 0.717) is 5.69 Å². The summed E-state index contributed by atoms with van der Waals surface area (Å²) >= 11 is 0. The number of amides is 2. The van der Waals surface area contributed by atoms with E-state index >= 15 is 0 Å². The van der Waals surface area contributed by atoms with E-state index in [9.17, 15) is 22.8 Å². The third-order valence-corrected chi connectivity index (χ3v) is 5.07. The lowest BCUT2D eigenvalue weighted by Crippen LogP contribution is -2.48. The summed E-state index contributed by atoms with van der Waals surface area (Å²) in [5, 5.41) is 0. The van der Waals surface area contributed by atoms with E-state index in [1.165, 1.54) is 4.90 Å². The molecule has 2 heterocycles. The fourth-order valence-corrected chi connectivity index (χ4v) is 3.46. The van der Waals surface area contributed by atoms with E-state index in [2.05, 4.69) is 4.98 Å². The van der Waals surface area contributed by atoms with Gasteiger partial charge in [0.1, 0.15) is 6.54 Å². The molecule has 0 aromatic carbocycles. The number of hydrogen-bond donors (Lipinski definition) is 0. The minimum absolute atomic E-state index is 0.0442. The first-order valence-corrected chi connectivity index (χ1v) is 8.79. The van der Waals surface area contributed by atoms with Crippen molar-refractivity contribution in [2.24, 2.45) is 11.8 Å². The van der Waals surface area contributed by atoms with Gasteiger partial charge >= 0.3 is 6.18 Å². The van der Waals surface area contributed by atoms with Crippen LogP contribution in [0.15, 0.2) is 24.4 Å². The summed E-state index contributed by atoms with van der Waals surface area (Å²) in [6, 6.07) is 4.88. The van der Waals surface area contributed by atoms with Gasteiger partial charge in [-0.15, -0.1) is 0 Å². The first kappa shape index (κ1) is 18.7. The van der Waals surface area contributed by atoms with E-state index in [4.69, 9.17) is 0 Å². The molecule has 142 valence electrons. The summed E-state index contributed by atoms with van der Waals surface area (Å²) in [6.45, 7) is 0.819. The molecule has 2 amide bonds. The van der Waals surface area contributed by atoms with Gasteiger partial charge in [0.05, 0.1) is 18.2 Å². The van der Waals surface area contributed by atoms with Gasteiger partial charge < -0.3 is 9.80 Å². The van der Waals surface area contributed by atoms with Crippen LogP contribution < -0.4 is 0 Å². The second kappa shape index (κ2) is 7.25. The van der Waals surface area contributed by atoms with Crippen LogP contribution in [0.4, 0.5) is 13.2 Å². The summed E-state index contributed by atoms with van der Waals surface area (Å²) in [5.41, 5.74) is 0.687. The molecular formula is C18H22F3N3O2. The Labute approximate surface area is 150 Å². The largest absolute Gasteiger partial charge is 0.406 e. The molecule has 0 radical (unpaired) electrons. The molecule has 2 aliphatic rings. The number of nitrogens with zero attached hydrogens (tertiary/aromatic N) is 3. The maximum absolute atomic E-state index is 13.0. The number of pyridine rings is 1. The van der Waals surface area contributed by atoms with E-state index in [0.717, 1.165) is 17.7 Å². The predicted molar refractivity (Wildman–Crippen MR) is 87.7 cm³/mol. The highest BCUT2D eigenvalue weighted by atomic mass is 19.4. The smallest absolute Gasteiger partial charge is 0.336 e. The van der Waals surface area contributed by atoms with Crippen molar-refractivity contribution < 1.29 is 22.8 Å². The van der Waals surface area contributed by atoms with Crippen LogP contribution in [0.1, 0.15) is 31.9 Å². The Balaban J connectivity index is 1.68. The number of aromatic nitrogens is 1. The Bertz CT molecular complexity index is 661. The lowest BCUT2D eigenvalue weighted by Gasteiger charge is -2.32. The molecule has 2 unspecified atom stereocenters. The van der Waals surface area contributed by atoms with Gasteiger partial charge in [0.15, 0.2) is 0 Å². The number of hydrogen-bond acceptors (Lipinski definition) is 3. The normalized spacial score (nSPS) is 21.8. The minimum atomic E-state index is -4.45. The number of carbonyl (C=O) groups excluding carboxylic acids is 2. The first-order chi connectivity index (χ1) is 12.2. The highest BCUT2D eigenvalue weighted by Crippen LogP contribution is 2.37. The molecule has 2 fully saturated rings. The zero-order valence-electron chi connectivity index (χ0n) is 14.6. The van der Waals surface area contributed by atoms with E-state index in [1.807, 2.05) is 0 Å². The molecule has 1 aliphatic carbocycles. The van der Waals surface area contributed by atoms with Crippen LogP contribution in [-0.2, 0) is 16.1 Å². The van der Waals surface area contributed by atoms with Crippen LogP contribution in [-0.4, -0.2) is 51.9 Å². The third-order valence-electron chi connectivity index (χ3n) is 5.07. The van der Waals surface area contributed by atoms with Crippen LogP contribution in [0.5, 0.6) is 0 Å². The Morgan fingerprint density at radius 1 is 1.38 bits per heavy atom. The van der Waals surface area contributed by atoms with Crippen molar-refractivity contribution in [1.82, 2.24) is 14.8 Å². The summed E-state index contributed by atoms with van der Waals surface area (Å²) in [7, 11) is 0. The Hall–Kier alpha value is -2.12. The summed E-state index contributed by atoms with van der Waals surface area (Å²) < 4.78 is 38.9. The second-order valence-electron chi connectivity index (χ2n) is 7.16. The first-order valence-electron chi connectivity index (χ1n) is 8.79. The molecule has 3 rings (SSSR count). The zero-order valence-corrected chi connectivity index (χ0v) is 14.6. The number of carbonyl (C=O) groups is 2. The molecule has 0 spiro atoms. The predicted octanol–water partition coefficient (Wildman–Crippen LogP) is 2.62. The van der Waals surface area contributed by atoms with Crippen molar-refractivity contribution >= 4 is 11.8 Å². The molecule has 2 atom stereocenters. The fourth-order valence-electron chi connectivity index (χ4n) is 3.46. The molecule has 1 saturated heterocycles. The van der Waals surface area contributed by atoms with E-state index in [-0.39, 0.29) is 31.3 Å². The van der Waals surface area contributed by atoms with Gasteiger partial charge in [0, 0.05) is 25.2 Å². The van der Waals surface area contributed by atoms with E-state index < -0.39 is 30.6 Å². The topological polar surface area (TPSA) is 53.5 Å². The van der Waals surface area contributed by atoms with Gasteiger partial charge in [-0.2, -0.15) is 13.2 Å². The Morgan fingerprint density at radius 2 is 2.12 bits per heavy atom. The van der Waals surface area contributed by atoms with Crippen molar-refractivity contribution in [3.05, 3.63) is 30.1 Å². The van der Waals surface area contributed by atoms with Gasteiger partial charge in [-0.05, 0) is 37.8 Å². The van der Waals surface area contributed by atoms with Gasteiger partial charge in [0.25, 0.3) is 0 Å². The monoisotopic (exact) mass is 369 g/mol. The van der Waals surface area contributed by atoms with Crippen LogP contribution in [0.2, 0.25) is 0 Å². The molecule has 26 heavy (non-hydrogen) atoms. The number of rotatable bonds is 6. The fraction of sp³-hybridized carbons (Fsp3) is 0.611. The Morgan fingerprint density at radius 3 is 2.69 bits per heavy atom. The zero-order chi connectivity index (χ0) is 18.9. The average Bonchev–Trinajstić information content (AvgIpc) is 3.37. The standard InChI is InChI=1S/C18H22F3N3O2/c1-12(13-5-6-13)24(11-18(19,20)21)17(26)14-8-16(25)23(9-14)10-15-4-2-3-7-22-15/h2-4,7,12-14H,5-6,8-11H2,1H3.